The maximum absolute atomic E-state index is 12.8. The Hall–Kier alpha value is -3.82. The Balaban J connectivity index is 1.53. The molecule has 0 aliphatic heterocycles. The van der Waals surface area contributed by atoms with Gasteiger partial charge in [-0.05, 0) is 66.4 Å². The minimum Gasteiger partial charge on any atom is -0.494 e. The van der Waals surface area contributed by atoms with Crippen LogP contribution in [0.2, 0.25) is 0 Å². The number of anilines is 1. The smallest absolute Gasteiger partial charge is 0.303 e. The van der Waals surface area contributed by atoms with Crippen LogP contribution in [0.5, 0.6) is 11.5 Å². The van der Waals surface area contributed by atoms with E-state index in [0.29, 0.717) is 42.2 Å². The summed E-state index contributed by atoms with van der Waals surface area (Å²) in [7, 11) is -3.78. The Morgan fingerprint density at radius 3 is 2.51 bits per heavy atom. The number of benzene rings is 3. The first-order chi connectivity index (χ1) is 18.8. The van der Waals surface area contributed by atoms with Crippen molar-refractivity contribution < 1.29 is 32.9 Å². The molecule has 0 unspecified atom stereocenters. The summed E-state index contributed by atoms with van der Waals surface area (Å²) in [5.41, 5.74) is 1.92. The Labute approximate surface area is 230 Å². The summed E-state index contributed by atoms with van der Waals surface area (Å²) in [6.45, 7) is 2.91. The molecular weight excluding hydrogens is 518 g/mol. The van der Waals surface area contributed by atoms with E-state index in [-0.39, 0.29) is 17.9 Å². The van der Waals surface area contributed by atoms with Crippen molar-refractivity contribution in [1.82, 2.24) is 0 Å². The van der Waals surface area contributed by atoms with E-state index in [0.717, 1.165) is 18.4 Å². The highest BCUT2D eigenvalue weighted by Gasteiger charge is 2.14. The molecule has 0 bridgehead atoms. The molecule has 0 aliphatic carbocycles. The summed E-state index contributed by atoms with van der Waals surface area (Å²) in [4.78, 5) is 11.0. The maximum Gasteiger partial charge on any atom is 0.303 e. The van der Waals surface area contributed by atoms with Crippen molar-refractivity contribution in [2.24, 2.45) is 0 Å². The lowest BCUT2D eigenvalue weighted by molar-refractivity contribution is -0.136. The van der Waals surface area contributed by atoms with Crippen LogP contribution < -0.4 is 14.2 Å². The zero-order valence-corrected chi connectivity index (χ0v) is 22.8. The fourth-order valence-electron chi connectivity index (χ4n) is 3.67. The Morgan fingerprint density at radius 1 is 1.00 bits per heavy atom. The number of carboxylic acid groups (broad SMARTS) is 1. The molecule has 0 saturated heterocycles. The molecule has 9 heteroatoms. The second-order valence-corrected chi connectivity index (χ2v) is 10.7. The topological polar surface area (TPSA) is 122 Å². The third-order valence-electron chi connectivity index (χ3n) is 5.80. The van der Waals surface area contributed by atoms with Crippen LogP contribution in [0.1, 0.15) is 43.7 Å². The Kier molecular flexibility index (Phi) is 11.4. The van der Waals surface area contributed by atoms with Crippen molar-refractivity contribution in [2.45, 2.75) is 50.0 Å². The number of unbranched alkanes of at least 4 members (excludes halogenated alkanes) is 1. The van der Waals surface area contributed by atoms with Crippen LogP contribution in [0, 0.1) is 0 Å². The number of rotatable bonds is 16. The van der Waals surface area contributed by atoms with E-state index < -0.39 is 22.1 Å². The zero-order chi connectivity index (χ0) is 28.1. The van der Waals surface area contributed by atoms with Gasteiger partial charge in [-0.15, -0.1) is 0 Å². The predicted octanol–water partition coefficient (Wildman–Crippen LogP) is 5.53. The second kappa shape index (κ2) is 14.9. The SMILES string of the molecule is CCCCOc1ccc(S(=O)(=O)Nc2cccc(/C=C/[C@H](O)CCOc3ccccc3CCC(=O)O)c2)cc1. The summed E-state index contributed by atoms with van der Waals surface area (Å²) < 4.78 is 39.6. The van der Waals surface area contributed by atoms with Crippen LogP contribution >= 0.6 is 0 Å². The van der Waals surface area contributed by atoms with Crippen molar-refractivity contribution in [3.63, 3.8) is 0 Å². The number of aliphatic hydroxyl groups is 1. The number of sulfonamides is 1. The fourth-order valence-corrected chi connectivity index (χ4v) is 4.72. The quantitative estimate of drug-likeness (QED) is 0.200. The average Bonchev–Trinajstić information content (AvgIpc) is 2.92. The molecule has 0 heterocycles. The molecule has 3 rings (SSSR count). The third kappa shape index (κ3) is 10.1. The van der Waals surface area contributed by atoms with E-state index in [9.17, 15) is 18.3 Å². The average molecular weight is 554 g/mol. The van der Waals surface area contributed by atoms with Gasteiger partial charge >= 0.3 is 5.97 Å². The first kappa shape index (κ1) is 29.7. The first-order valence-electron chi connectivity index (χ1n) is 12.9. The van der Waals surface area contributed by atoms with E-state index >= 15 is 0 Å². The Morgan fingerprint density at radius 2 is 1.77 bits per heavy atom. The molecule has 3 N–H and O–H groups in total. The van der Waals surface area contributed by atoms with Crippen LogP contribution in [0.3, 0.4) is 0 Å². The van der Waals surface area contributed by atoms with Gasteiger partial charge in [-0.2, -0.15) is 0 Å². The molecule has 1 atom stereocenters. The van der Waals surface area contributed by atoms with E-state index in [1.165, 1.54) is 12.1 Å². The zero-order valence-electron chi connectivity index (χ0n) is 22.0. The van der Waals surface area contributed by atoms with Gasteiger partial charge in [-0.1, -0.05) is 55.8 Å². The molecular formula is C30H35NO7S. The lowest BCUT2D eigenvalue weighted by Gasteiger charge is -2.12. The van der Waals surface area contributed by atoms with Gasteiger partial charge in [0.2, 0.25) is 0 Å². The lowest BCUT2D eigenvalue weighted by atomic mass is 10.1. The summed E-state index contributed by atoms with van der Waals surface area (Å²) in [5, 5.41) is 19.3. The Bertz CT molecular complexity index is 1340. The molecule has 0 aliphatic rings. The number of aliphatic carboxylic acids is 1. The number of carbonyl (C=O) groups is 1. The molecule has 0 amide bonds. The van der Waals surface area contributed by atoms with Gasteiger partial charge in [-0.25, -0.2) is 8.42 Å². The molecule has 0 radical (unpaired) electrons. The molecule has 39 heavy (non-hydrogen) atoms. The largest absolute Gasteiger partial charge is 0.494 e. The summed E-state index contributed by atoms with van der Waals surface area (Å²) in [6.07, 6.45) is 5.21. The number of carboxylic acids is 1. The number of aliphatic hydroxyl groups excluding tert-OH is 1. The highest BCUT2D eigenvalue weighted by atomic mass is 32.2. The van der Waals surface area contributed by atoms with Crippen LogP contribution in [-0.4, -0.2) is 43.9 Å². The molecule has 8 nitrogen and oxygen atoms in total. The van der Waals surface area contributed by atoms with Gasteiger partial charge < -0.3 is 19.7 Å². The third-order valence-corrected chi connectivity index (χ3v) is 7.20. The van der Waals surface area contributed by atoms with E-state index in [1.807, 2.05) is 18.2 Å². The van der Waals surface area contributed by atoms with Gasteiger partial charge in [0.15, 0.2) is 0 Å². The van der Waals surface area contributed by atoms with Crippen LogP contribution in [0.15, 0.2) is 83.8 Å². The highest BCUT2D eigenvalue weighted by Crippen LogP contribution is 2.22. The summed E-state index contributed by atoms with van der Waals surface area (Å²) in [6, 6.07) is 20.4. The van der Waals surface area contributed by atoms with Gasteiger partial charge in [-0.3, -0.25) is 9.52 Å². The van der Waals surface area contributed by atoms with Gasteiger partial charge in [0.25, 0.3) is 10.0 Å². The monoisotopic (exact) mass is 553 g/mol. The molecule has 0 saturated carbocycles. The first-order valence-corrected chi connectivity index (χ1v) is 14.4. The maximum atomic E-state index is 12.8. The van der Waals surface area contributed by atoms with Gasteiger partial charge in [0.05, 0.1) is 24.2 Å². The van der Waals surface area contributed by atoms with Gasteiger partial charge in [0.1, 0.15) is 11.5 Å². The normalized spacial score (nSPS) is 12.3. The van der Waals surface area contributed by atoms with Crippen molar-refractivity contribution in [1.29, 1.82) is 0 Å². The number of hydrogen-bond donors (Lipinski definition) is 3. The van der Waals surface area contributed by atoms with Crippen molar-refractivity contribution in [3.8, 4) is 11.5 Å². The van der Waals surface area contributed by atoms with E-state index in [1.54, 1.807) is 54.6 Å². The van der Waals surface area contributed by atoms with Crippen molar-refractivity contribution in [2.75, 3.05) is 17.9 Å². The predicted molar refractivity (Wildman–Crippen MR) is 152 cm³/mol. The van der Waals surface area contributed by atoms with Gasteiger partial charge in [0, 0.05) is 18.5 Å². The molecule has 208 valence electrons. The standard InChI is InChI=1S/C30H35NO7S/c1-2-3-20-37-27-14-16-28(17-15-27)39(35,36)31-25-9-6-7-23(22-25)11-13-26(32)19-21-38-29-10-5-4-8-24(29)12-18-30(33)34/h4-11,13-17,22,26,31-32H,2-3,12,18-21H2,1H3,(H,33,34)/b13-11+/t26-/m0/s1. The molecule has 3 aromatic carbocycles. The second-order valence-electron chi connectivity index (χ2n) is 8.97. The summed E-state index contributed by atoms with van der Waals surface area (Å²) in [5.74, 6) is 0.360. The number of ether oxygens (including phenoxy) is 2. The van der Waals surface area contributed by atoms with Crippen LogP contribution in [0.4, 0.5) is 5.69 Å². The number of hydrogen-bond acceptors (Lipinski definition) is 6. The lowest BCUT2D eigenvalue weighted by Crippen LogP contribution is -2.13. The minimum absolute atomic E-state index is 0.0152. The van der Waals surface area contributed by atoms with Crippen molar-refractivity contribution >= 4 is 27.8 Å². The van der Waals surface area contributed by atoms with E-state index in [2.05, 4.69) is 11.6 Å². The molecule has 0 fully saturated rings. The van der Waals surface area contributed by atoms with Crippen LogP contribution in [-0.2, 0) is 21.2 Å². The van der Waals surface area contributed by atoms with E-state index in [4.69, 9.17) is 14.6 Å². The number of aryl methyl sites for hydroxylation is 1. The van der Waals surface area contributed by atoms with Crippen LogP contribution in [0.25, 0.3) is 6.08 Å². The number of para-hydroxylation sites is 1. The van der Waals surface area contributed by atoms with Crippen molar-refractivity contribution in [3.05, 3.63) is 90.0 Å². The molecule has 0 spiro atoms. The molecule has 0 aromatic heterocycles. The highest BCUT2D eigenvalue weighted by molar-refractivity contribution is 7.92. The molecule has 3 aromatic rings. The summed E-state index contributed by atoms with van der Waals surface area (Å²) >= 11 is 0. The number of nitrogens with one attached hydrogen (secondary N) is 1. The fraction of sp³-hybridized carbons (Fsp3) is 0.300. The minimum atomic E-state index is -3.78.